The molecule has 1 saturated heterocycles. The van der Waals surface area contributed by atoms with Gasteiger partial charge in [0, 0.05) is 21.2 Å². The van der Waals surface area contributed by atoms with Gasteiger partial charge in [0.25, 0.3) is 0 Å². The van der Waals surface area contributed by atoms with Crippen molar-refractivity contribution in [2.75, 3.05) is 24.2 Å². The van der Waals surface area contributed by atoms with Crippen LogP contribution in [0.2, 0.25) is 0 Å². The highest BCUT2D eigenvalue weighted by Gasteiger charge is 2.11. The van der Waals surface area contributed by atoms with Gasteiger partial charge in [-0.3, -0.25) is 0 Å². The summed E-state index contributed by atoms with van der Waals surface area (Å²) in [6.45, 7) is 6.66. The molecule has 0 saturated carbocycles. The minimum absolute atomic E-state index is 0.933. The maximum absolute atomic E-state index is 4.36. The number of thioether (sulfide) groups is 1. The highest BCUT2D eigenvalue weighted by molar-refractivity contribution is 7.99. The summed E-state index contributed by atoms with van der Waals surface area (Å²) in [5.74, 6) is 1.24. The van der Waals surface area contributed by atoms with E-state index in [1.165, 1.54) is 55.0 Å². The van der Waals surface area contributed by atoms with E-state index in [-0.39, 0.29) is 0 Å². The van der Waals surface area contributed by atoms with E-state index >= 15 is 0 Å². The highest BCUT2D eigenvalue weighted by atomic mass is 32.2. The predicted octanol–water partition coefficient (Wildman–Crippen LogP) is 5.47. The second kappa shape index (κ2) is 9.37. The molecule has 0 aromatic heterocycles. The molecule has 2 heterocycles. The summed E-state index contributed by atoms with van der Waals surface area (Å²) in [7, 11) is 0. The Bertz CT molecular complexity index is 716. The third-order valence-corrected chi connectivity index (χ3v) is 5.84. The first kappa shape index (κ1) is 18.4. The van der Waals surface area contributed by atoms with Gasteiger partial charge in [-0.25, -0.2) is 0 Å². The fraction of sp³-hybridized carbons (Fsp3) is 0.333. The average molecular weight is 371 g/mol. The minimum atomic E-state index is 0.933. The van der Waals surface area contributed by atoms with Gasteiger partial charge in [-0.05, 0) is 86.0 Å². The second-order valence-corrected chi connectivity index (χ2v) is 8.04. The Hall–Kier alpha value is -1.36. The van der Waals surface area contributed by atoms with Crippen LogP contribution in [-0.4, -0.2) is 18.8 Å². The van der Waals surface area contributed by atoms with E-state index in [9.17, 15) is 0 Å². The number of anilines is 1. The van der Waals surface area contributed by atoms with Crippen LogP contribution in [-0.2, 0) is 6.42 Å². The number of fused-ring (bicyclic) bond motifs is 1. The van der Waals surface area contributed by atoms with E-state index in [0.29, 0.717) is 0 Å². The molecule has 2 aliphatic rings. The molecule has 4 rings (SSSR count). The van der Waals surface area contributed by atoms with E-state index in [4.69, 9.17) is 0 Å². The summed E-state index contributed by atoms with van der Waals surface area (Å²) in [6, 6.07) is 14.6. The Morgan fingerprint density at radius 3 is 2.64 bits per heavy atom. The summed E-state index contributed by atoms with van der Waals surface area (Å²) in [4.78, 5) is 2.37. The highest BCUT2D eigenvalue weighted by Crippen LogP contribution is 2.32. The van der Waals surface area contributed by atoms with Crippen LogP contribution >= 0.6 is 24.4 Å². The Morgan fingerprint density at radius 1 is 1.08 bits per heavy atom. The number of hydrogen-bond acceptors (Lipinski definition) is 4. The molecule has 0 atom stereocenters. The molecule has 132 valence electrons. The third kappa shape index (κ3) is 5.56. The molecular weight excluding hydrogens is 344 g/mol. The van der Waals surface area contributed by atoms with E-state index in [2.05, 4.69) is 48.0 Å². The molecule has 1 fully saturated rings. The van der Waals surface area contributed by atoms with E-state index in [1.54, 1.807) is 0 Å². The lowest BCUT2D eigenvalue weighted by molar-refractivity contribution is 0.857. The molecular formula is C21H26N2S2. The maximum atomic E-state index is 4.36. The van der Waals surface area contributed by atoms with Crippen LogP contribution in [0, 0.1) is 0 Å². The molecule has 4 heteroatoms. The predicted molar refractivity (Wildman–Crippen MR) is 114 cm³/mol. The zero-order valence-corrected chi connectivity index (χ0v) is 16.3. The molecule has 0 radical (unpaired) electrons. The van der Waals surface area contributed by atoms with Crippen molar-refractivity contribution >= 4 is 35.8 Å². The number of thiol groups is 1. The van der Waals surface area contributed by atoms with Crippen molar-refractivity contribution < 1.29 is 0 Å². The number of rotatable bonds is 3. The fourth-order valence-corrected chi connectivity index (χ4v) is 4.25. The Labute approximate surface area is 160 Å². The topological polar surface area (TPSA) is 24.1 Å². The average Bonchev–Trinajstić information content (AvgIpc) is 3.21. The molecule has 0 unspecified atom stereocenters. The van der Waals surface area contributed by atoms with Gasteiger partial charge in [0.05, 0.1) is 0 Å². The van der Waals surface area contributed by atoms with Crippen LogP contribution < -0.4 is 10.6 Å². The fourth-order valence-electron chi connectivity index (χ4n) is 3.00. The van der Waals surface area contributed by atoms with Gasteiger partial charge in [0.15, 0.2) is 0 Å². The van der Waals surface area contributed by atoms with Gasteiger partial charge in [0.1, 0.15) is 0 Å². The Kier molecular flexibility index (Phi) is 6.91. The zero-order chi connectivity index (χ0) is 17.5. The largest absolute Gasteiger partial charge is 0.355 e. The summed E-state index contributed by atoms with van der Waals surface area (Å²) < 4.78 is 0. The van der Waals surface area contributed by atoms with Crippen molar-refractivity contribution in [3.05, 3.63) is 60.2 Å². The molecule has 2 nitrogen and oxygen atoms in total. The van der Waals surface area contributed by atoms with E-state index in [1.807, 2.05) is 36.0 Å². The smallest absolute Gasteiger partial charge is 0.0395 e. The molecule has 0 bridgehead atoms. The van der Waals surface area contributed by atoms with Crippen molar-refractivity contribution in [1.29, 1.82) is 0 Å². The van der Waals surface area contributed by atoms with Crippen LogP contribution in [0.3, 0.4) is 0 Å². The monoisotopic (exact) mass is 370 g/mol. The van der Waals surface area contributed by atoms with Gasteiger partial charge in [-0.2, -0.15) is 0 Å². The summed E-state index contributed by atoms with van der Waals surface area (Å²) in [5, 5.41) is 6.58. The first-order valence-electron chi connectivity index (χ1n) is 8.94. The van der Waals surface area contributed by atoms with Crippen molar-refractivity contribution in [3.63, 3.8) is 0 Å². The molecule has 0 spiro atoms. The number of aryl methyl sites for hydroxylation is 1. The van der Waals surface area contributed by atoms with Crippen LogP contribution in [0.5, 0.6) is 0 Å². The van der Waals surface area contributed by atoms with Crippen molar-refractivity contribution in [2.24, 2.45) is 0 Å². The first-order valence-corrected chi connectivity index (χ1v) is 10.4. The first-order chi connectivity index (χ1) is 12.2. The minimum Gasteiger partial charge on any atom is -0.355 e. The van der Waals surface area contributed by atoms with Gasteiger partial charge >= 0.3 is 0 Å². The Morgan fingerprint density at radius 2 is 1.92 bits per heavy atom. The molecule has 0 aliphatic carbocycles. The second-order valence-electron chi connectivity index (χ2n) is 6.39. The maximum Gasteiger partial charge on any atom is 0.0395 e. The molecule has 2 N–H and O–H groups in total. The van der Waals surface area contributed by atoms with Crippen molar-refractivity contribution in [1.82, 2.24) is 5.32 Å². The molecule has 2 aromatic carbocycles. The molecule has 2 aromatic rings. The lowest BCUT2D eigenvalue weighted by atomic mass is 10.0. The summed E-state index contributed by atoms with van der Waals surface area (Å²) >= 11 is 6.31. The third-order valence-electron chi connectivity index (χ3n) is 4.36. The van der Waals surface area contributed by atoms with Crippen LogP contribution in [0.25, 0.3) is 5.70 Å². The van der Waals surface area contributed by atoms with Gasteiger partial charge in [0.2, 0.25) is 0 Å². The van der Waals surface area contributed by atoms with Crippen LogP contribution in [0.4, 0.5) is 5.69 Å². The van der Waals surface area contributed by atoms with E-state index in [0.717, 1.165) is 21.8 Å². The SMILES string of the molecule is C1CCNC1.C=C(Nc1cccc(S)c1)c1ccc2c(c1)CCCS2. The molecule has 2 aliphatic heterocycles. The zero-order valence-electron chi connectivity index (χ0n) is 14.6. The number of hydrogen-bond donors (Lipinski definition) is 3. The standard InChI is InChI=1S/C17H17NS2.C4H9N/c1-12(18-15-5-2-6-16(19)11-15)13-7-8-17-14(10-13)4-3-9-20-17;1-2-4-5-3-1/h2,5-8,10-11,18-19H,1,3-4,9H2;5H,1-4H2. The lowest BCUT2D eigenvalue weighted by Gasteiger charge is -2.17. The van der Waals surface area contributed by atoms with Gasteiger partial charge < -0.3 is 10.6 Å². The van der Waals surface area contributed by atoms with Crippen LogP contribution in [0.1, 0.15) is 30.4 Å². The molecule has 25 heavy (non-hydrogen) atoms. The van der Waals surface area contributed by atoms with E-state index < -0.39 is 0 Å². The quantitative estimate of drug-likeness (QED) is 0.625. The number of nitrogens with one attached hydrogen (secondary N) is 2. The van der Waals surface area contributed by atoms with Gasteiger partial charge in [-0.1, -0.05) is 18.7 Å². The van der Waals surface area contributed by atoms with Crippen LogP contribution in [0.15, 0.2) is 58.8 Å². The molecule has 0 amide bonds. The van der Waals surface area contributed by atoms with Gasteiger partial charge in [-0.15, -0.1) is 24.4 Å². The van der Waals surface area contributed by atoms with Crippen molar-refractivity contribution in [3.8, 4) is 0 Å². The summed E-state index contributed by atoms with van der Waals surface area (Å²) in [6.07, 6.45) is 5.22. The summed E-state index contributed by atoms with van der Waals surface area (Å²) in [5.41, 5.74) is 4.57. The van der Waals surface area contributed by atoms with Crippen molar-refractivity contribution in [2.45, 2.75) is 35.5 Å². The Balaban J connectivity index is 0.000000314. The number of benzene rings is 2. The normalized spacial score (nSPS) is 15.7. The lowest BCUT2D eigenvalue weighted by Crippen LogP contribution is -2.03.